The van der Waals surface area contributed by atoms with Gasteiger partial charge in [-0.25, -0.2) is 26.3 Å². The highest BCUT2D eigenvalue weighted by atomic mass is 32.2. The SMILES string of the molecule is CC(=O)NS(=O)(=O)c1ccc(NC(=O)c2ccc(F)c(F)c2F)cc1. The Bertz CT molecular complexity index is 944. The molecule has 2 N–H and O–H groups in total. The lowest BCUT2D eigenvalue weighted by Gasteiger charge is -2.08. The fraction of sp³-hybridized carbons (Fsp3) is 0.0667. The van der Waals surface area contributed by atoms with E-state index in [0.29, 0.717) is 6.07 Å². The summed E-state index contributed by atoms with van der Waals surface area (Å²) in [6, 6.07) is 5.95. The highest BCUT2D eigenvalue weighted by Crippen LogP contribution is 2.18. The molecule has 0 atom stereocenters. The summed E-state index contributed by atoms with van der Waals surface area (Å²) in [5.41, 5.74) is -0.634. The third kappa shape index (κ3) is 4.15. The monoisotopic (exact) mass is 372 g/mol. The molecule has 2 rings (SSSR count). The Balaban J connectivity index is 2.21. The molecule has 0 aliphatic rings. The minimum Gasteiger partial charge on any atom is -0.322 e. The normalized spacial score (nSPS) is 11.0. The zero-order chi connectivity index (χ0) is 18.8. The van der Waals surface area contributed by atoms with Crippen LogP contribution in [-0.4, -0.2) is 20.2 Å². The van der Waals surface area contributed by atoms with Crippen LogP contribution in [0.25, 0.3) is 0 Å². The molecule has 0 aliphatic heterocycles. The molecule has 6 nitrogen and oxygen atoms in total. The van der Waals surface area contributed by atoms with Crippen molar-refractivity contribution in [3.8, 4) is 0 Å². The number of hydrogen-bond acceptors (Lipinski definition) is 4. The molecule has 0 spiro atoms. The van der Waals surface area contributed by atoms with Gasteiger partial charge in [0, 0.05) is 12.6 Å². The predicted molar refractivity (Wildman–Crippen MR) is 81.7 cm³/mol. The fourth-order valence-electron chi connectivity index (χ4n) is 1.87. The summed E-state index contributed by atoms with van der Waals surface area (Å²) in [4.78, 5) is 22.5. The number of benzene rings is 2. The molecule has 2 aromatic rings. The number of carbonyl (C=O) groups is 2. The second-order valence-electron chi connectivity index (χ2n) is 4.86. The molecule has 0 fully saturated rings. The van der Waals surface area contributed by atoms with Gasteiger partial charge < -0.3 is 5.32 Å². The van der Waals surface area contributed by atoms with Gasteiger partial charge in [0.2, 0.25) is 5.91 Å². The summed E-state index contributed by atoms with van der Waals surface area (Å²) in [5, 5.41) is 2.21. The number of carbonyl (C=O) groups excluding carboxylic acids is 2. The lowest BCUT2D eigenvalue weighted by atomic mass is 10.1. The Morgan fingerprint density at radius 1 is 0.920 bits per heavy atom. The van der Waals surface area contributed by atoms with Crippen LogP contribution in [0.1, 0.15) is 17.3 Å². The number of anilines is 1. The average Bonchev–Trinajstić information content (AvgIpc) is 2.52. The summed E-state index contributed by atoms with van der Waals surface area (Å²) < 4.78 is 64.9. The topological polar surface area (TPSA) is 92.3 Å². The Hall–Kier alpha value is -2.88. The van der Waals surface area contributed by atoms with E-state index in [4.69, 9.17) is 0 Å². The lowest BCUT2D eigenvalue weighted by Crippen LogP contribution is -2.28. The zero-order valence-electron chi connectivity index (χ0n) is 12.6. The van der Waals surface area contributed by atoms with Gasteiger partial charge in [0.15, 0.2) is 17.5 Å². The van der Waals surface area contributed by atoms with Gasteiger partial charge in [-0.15, -0.1) is 0 Å². The van der Waals surface area contributed by atoms with Crippen LogP contribution in [0.3, 0.4) is 0 Å². The van der Waals surface area contributed by atoms with Crippen LogP contribution >= 0.6 is 0 Å². The van der Waals surface area contributed by atoms with E-state index < -0.39 is 44.9 Å². The average molecular weight is 372 g/mol. The van der Waals surface area contributed by atoms with Crippen molar-refractivity contribution in [2.75, 3.05) is 5.32 Å². The van der Waals surface area contributed by atoms with Crippen LogP contribution in [0, 0.1) is 17.5 Å². The number of amides is 2. The first-order valence-corrected chi connectivity index (χ1v) is 8.18. The van der Waals surface area contributed by atoms with Crippen molar-refractivity contribution in [2.24, 2.45) is 0 Å². The van der Waals surface area contributed by atoms with Gasteiger partial charge in [0.25, 0.3) is 15.9 Å². The Morgan fingerprint density at radius 2 is 1.52 bits per heavy atom. The van der Waals surface area contributed by atoms with E-state index in [-0.39, 0.29) is 10.6 Å². The molecule has 0 bridgehead atoms. The van der Waals surface area contributed by atoms with Crippen molar-refractivity contribution in [3.63, 3.8) is 0 Å². The van der Waals surface area contributed by atoms with Gasteiger partial charge in [0.05, 0.1) is 10.5 Å². The second-order valence-corrected chi connectivity index (χ2v) is 6.55. The van der Waals surface area contributed by atoms with E-state index in [0.717, 1.165) is 25.1 Å². The molecule has 0 heterocycles. The number of sulfonamides is 1. The van der Waals surface area contributed by atoms with Crippen LogP contribution in [0.4, 0.5) is 18.9 Å². The molecule has 25 heavy (non-hydrogen) atoms. The second kappa shape index (κ2) is 6.93. The number of rotatable bonds is 4. The van der Waals surface area contributed by atoms with Gasteiger partial charge in [-0.1, -0.05) is 0 Å². The van der Waals surface area contributed by atoms with Crippen LogP contribution in [0.5, 0.6) is 0 Å². The Morgan fingerprint density at radius 3 is 2.08 bits per heavy atom. The molecule has 0 saturated heterocycles. The molecule has 132 valence electrons. The smallest absolute Gasteiger partial charge is 0.264 e. The van der Waals surface area contributed by atoms with Crippen LogP contribution < -0.4 is 10.0 Å². The van der Waals surface area contributed by atoms with E-state index in [9.17, 15) is 31.2 Å². The van der Waals surface area contributed by atoms with Crippen molar-refractivity contribution in [3.05, 3.63) is 59.4 Å². The highest BCUT2D eigenvalue weighted by molar-refractivity contribution is 7.90. The molecular weight excluding hydrogens is 361 g/mol. The summed E-state index contributed by atoms with van der Waals surface area (Å²) in [6.07, 6.45) is 0. The largest absolute Gasteiger partial charge is 0.322 e. The predicted octanol–water partition coefficient (Wildman–Crippen LogP) is 2.18. The maximum absolute atomic E-state index is 13.6. The fourth-order valence-corrected chi connectivity index (χ4v) is 2.86. The van der Waals surface area contributed by atoms with Crippen molar-refractivity contribution in [1.82, 2.24) is 4.72 Å². The molecule has 0 radical (unpaired) electrons. The van der Waals surface area contributed by atoms with Crippen molar-refractivity contribution in [2.45, 2.75) is 11.8 Å². The summed E-state index contributed by atoms with van der Waals surface area (Å²) >= 11 is 0. The first kappa shape index (κ1) is 18.5. The van der Waals surface area contributed by atoms with Crippen LogP contribution in [0.2, 0.25) is 0 Å². The molecule has 0 aromatic heterocycles. The van der Waals surface area contributed by atoms with Gasteiger partial charge in [-0.05, 0) is 36.4 Å². The van der Waals surface area contributed by atoms with Crippen molar-refractivity contribution < 1.29 is 31.2 Å². The van der Waals surface area contributed by atoms with E-state index in [1.807, 2.05) is 0 Å². The molecule has 0 saturated carbocycles. The van der Waals surface area contributed by atoms with Gasteiger partial charge in [-0.3, -0.25) is 9.59 Å². The van der Waals surface area contributed by atoms with E-state index >= 15 is 0 Å². The van der Waals surface area contributed by atoms with Gasteiger partial charge in [-0.2, -0.15) is 0 Å². The maximum Gasteiger partial charge on any atom is 0.264 e. The van der Waals surface area contributed by atoms with Crippen LogP contribution in [0.15, 0.2) is 41.3 Å². The van der Waals surface area contributed by atoms with Gasteiger partial charge in [0.1, 0.15) is 0 Å². The first-order chi connectivity index (χ1) is 11.6. The summed E-state index contributed by atoms with van der Waals surface area (Å²) in [7, 11) is -4.04. The first-order valence-electron chi connectivity index (χ1n) is 6.70. The Labute approximate surface area is 140 Å². The van der Waals surface area contributed by atoms with E-state index in [2.05, 4.69) is 5.32 Å². The minimum absolute atomic E-state index is 0.0795. The Kier molecular flexibility index (Phi) is 5.12. The molecule has 10 heteroatoms. The molecule has 0 unspecified atom stereocenters. The minimum atomic E-state index is -4.04. The highest BCUT2D eigenvalue weighted by Gasteiger charge is 2.19. The standard InChI is InChI=1S/C15H11F3N2O4S/c1-8(21)20-25(23,24)10-4-2-9(3-5-10)19-15(22)11-6-7-12(16)14(18)13(11)17/h2-7H,1H3,(H,19,22)(H,20,21). The number of halogens is 3. The van der Waals surface area contributed by atoms with E-state index in [1.54, 1.807) is 4.72 Å². The summed E-state index contributed by atoms with van der Waals surface area (Å²) in [5.74, 6) is -6.66. The molecule has 2 aromatic carbocycles. The third-order valence-electron chi connectivity index (χ3n) is 2.98. The molecule has 2 amide bonds. The van der Waals surface area contributed by atoms with Crippen LogP contribution in [-0.2, 0) is 14.8 Å². The molecule has 0 aliphatic carbocycles. The quantitative estimate of drug-likeness (QED) is 0.805. The lowest BCUT2D eigenvalue weighted by molar-refractivity contribution is -0.117. The number of hydrogen-bond donors (Lipinski definition) is 2. The number of nitrogens with one attached hydrogen (secondary N) is 2. The van der Waals surface area contributed by atoms with Gasteiger partial charge >= 0.3 is 0 Å². The summed E-state index contributed by atoms with van der Waals surface area (Å²) in [6.45, 7) is 1.03. The van der Waals surface area contributed by atoms with Crippen molar-refractivity contribution in [1.29, 1.82) is 0 Å². The zero-order valence-corrected chi connectivity index (χ0v) is 13.5. The maximum atomic E-state index is 13.6. The van der Waals surface area contributed by atoms with E-state index in [1.165, 1.54) is 12.1 Å². The molecular formula is C15H11F3N2O4S. The van der Waals surface area contributed by atoms with Crippen molar-refractivity contribution >= 4 is 27.5 Å². The third-order valence-corrected chi connectivity index (χ3v) is 4.43.